The van der Waals surface area contributed by atoms with Gasteiger partial charge in [-0.2, -0.15) is 0 Å². The monoisotopic (exact) mass is 326 g/mol. The van der Waals surface area contributed by atoms with Crippen molar-refractivity contribution in [3.05, 3.63) is 0 Å². The molecule has 2 fully saturated rings. The van der Waals surface area contributed by atoms with Crippen LogP contribution in [0.2, 0.25) is 0 Å². The first kappa shape index (κ1) is 18.5. The zero-order valence-corrected chi connectivity index (χ0v) is 15.5. The number of rotatable bonds is 5. The lowest BCUT2D eigenvalue weighted by molar-refractivity contribution is -0.0507. The van der Waals surface area contributed by atoms with Crippen LogP contribution in [0.3, 0.4) is 0 Å². The van der Waals surface area contributed by atoms with E-state index in [4.69, 9.17) is 9.47 Å². The van der Waals surface area contributed by atoms with Gasteiger partial charge >= 0.3 is 6.09 Å². The lowest BCUT2D eigenvalue weighted by Crippen LogP contribution is -2.64. The Morgan fingerprint density at radius 2 is 2.09 bits per heavy atom. The molecule has 0 radical (unpaired) electrons. The fraction of sp³-hybridized carbons (Fsp3) is 0.944. The third kappa shape index (κ3) is 4.83. The topological polar surface area (TPSA) is 50.8 Å². The molecule has 0 aromatic rings. The minimum absolute atomic E-state index is 0.0174. The van der Waals surface area contributed by atoms with Crippen molar-refractivity contribution in [3.8, 4) is 0 Å². The number of piperidine rings is 1. The number of nitrogens with one attached hydrogen (secondary N) is 1. The second kappa shape index (κ2) is 7.39. The van der Waals surface area contributed by atoms with Gasteiger partial charge in [-0.1, -0.05) is 0 Å². The Bertz CT molecular complexity index is 402. The number of carbonyl (C=O) groups is 1. The Balaban J connectivity index is 1.93. The molecular formula is C18H34N2O3. The molecule has 1 saturated carbocycles. The molecule has 134 valence electrons. The normalized spacial score (nSPS) is 25.1. The van der Waals surface area contributed by atoms with Crippen molar-refractivity contribution in [1.29, 1.82) is 0 Å². The first-order valence-corrected chi connectivity index (χ1v) is 9.10. The van der Waals surface area contributed by atoms with Gasteiger partial charge in [0.2, 0.25) is 0 Å². The number of likely N-dealkylation sites (tertiary alicyclic amines) is 1. The van der Waals surface area contributed by atoms with E-state index >= 15 is 0 Å². The largest absolute Gasteiger partial charge is 0.444 e. The van der Waals surface area contributed by atoms with Crippen LogP contribution in [0.25, 0.3) is 0 Å². The van der Waals surface area contributed by atoms with Gasteiger partial charge in [0.1, 0.15) is 5.60 Å². The second-order valence-electron chi connectivity index (χ2n) is 8.13. The summed E-state index contributed by atoms with van der Waals surface area (Å²) in [6.45, 7) is 12.3. The Labute approximate surface area is 141 Å². The fourth-order valence-corrected chi connectivity index (χ4v) is 3.74. The third-order valence-corrected chi connectivity index (χ3v) is 4.89. The van der Waals surface area contributed by atoms with Crippen LogP contribution in [0.15, 0.2) is 0 Å². The predicted molar refractivity (Wildman–Crippen MR) is 91.6 cm³/mol. The van der Waals surface area contributed by atoms with Crippen LogP contribution in [0.5, 0.6) is 0 Å². The van der Waals surface area contributed by atoms with Gasteiger partial charge in [0, 0.05) is 30.8 Å². The Kier molecular flexibility index (Phi) is 5.95. The fourth-order valence-electron chi connectivity index (χ4n) is 3.74. The van der Waals surface area contributed by atoms with Crippen molar-refractivity contribution in [1.82, 2.24) is 10.2 Å². The molecule has 0 aromatic carbocycles. The van der Waals surface area contributed by atoms with Gasteiger partial charge in [-0.3, -0.25) is 0 Å². The molecule has 1 heterocycles. The highest BCUT2D eigenvalue weighted by Gasteiger charge is 2.49. The number of nitrogens with zero attached hydrogens (tertiary/aromatic N) is 1. The van der Waals surface area contributed by atoms with Crippen LogP contribution in [0, 0.1) is 0 Å². The molecule has 1 aliphatic carbocycles. The van der Waals surface area contributed by atoms with Gasteiger partial charge in [-0.15, -0.1) is 0 Å². The van der Waals surface area contributed by atoms with Gasteiger partial charge in [0.05, 0.1) is 6.61 Å². The summed E-state index contributed by atoms with van der Waals surface area (Å²) in [5, 5.41) is 3.68. The van der Waals surface area contributed by atoms with Crippen LogP contribution in [-0.4, -0.2) is 54.0 Å². The average Bonchev–Trinajstić information content (AvgIpc) is 2.41. The first-order valence-electron chi connectivity index (χ1n) is 9.10. The predicted octanol–water partition coefficient (Wildman–Crippen LogP) is 3.32. The summed E-state index contributed by atoms with van der Waals surface area (Å²) in [4.78, 5) is 14.6. The number of hydrogen-bond donors (Lipinski definition) is 1. The van der Waals surface area contributed by atoms with E-state index in [1.165, 1.54) is 6.42 Å². The quantitative estimate of drug-likeness (QED) is 0.842. The van der Waals surface area contributed by atoms with E-state index in [1.807, 2.05) is 32.6 Å². The smallest absolute Gasteiger partial charge is 0.410 e. The highest BCUT2D eigenvalue weighted by Crippen LogP contribution is 2.45. The summed E-state index contributed by atoms with van der Waals surface area (Å²) >= 11 is 0. The molecule has 1 amide bonds. The number of hydrogen-bond acceptors (Lipinski definition) is 4. The summed E-state index contributed by atoms with van der Waals surface area (Å²) in [7, 11) is 0. The van der Waals surface area contributed by atoms with Crippen molar-refractivity contribution in [2.45, 2.75) is 89.9 Å². The lowest BCUT2D eigenvalue weighted by Gasteiger charge is -2.55. The van der Waals surface area contributed by atoms with Crippen molar-refractivity contribution in [3.63, 3.8) is 0 Å². The molecule has 1 saturated heterocycles. The minimum atomic E-state index is -0.427. The van der Waals surface area contributed by atoms with Crippen LogP contribution in [-0.2, 0) is 9.47 Å². The third-order valence-electron chi connectivity index (χ3n) is 4.89. The second-order valence-corrected chi connectivity index (χ2v) is 8.13. The first-order chi connectivity index (χ1) is 10.8. The van der Waals surface area contributed by atoms with E-state index in [0.717, 1.165) is 45.4 Å². The van der Waals surface area contributed by atoms with E-state index in [2.05, 4.69) is 12.2 Å². The number of amides is 1. The van der Waals surface area contributed by atoms with Gasteiger partial charge in [0.15, 0.2) is 0 Å². The zero-order valence-electron chi connectivity index (χ0n) is 15.5. The molecular weight excluding hydrogens is 292 g/mol. The standard InChI is InChI=1S/C18H34N2O3/c1-6-22-13-14(2)19-15-8-11-20(16(21)23-17(3,4)5)18(12-15)9-7-10-18/h14-15,19H,6-13H2,1-5H3. The molecule has 23 heavy (non-hydrogen) atoms. The van der Waals surface area contributed by atoms with Crippen LogP contribution in [0.4, 0.5) is 4.79 Å². The molecule has 1 spiro atoms. The number of ether oxygens (including phenoxy) is 2. The highest BCUT2D eigenvalue weighted by atomic mass is 16.6. The van der Waals surface area contributed by atoms with Crippen molar-refractivity contribution in [2.75, 3.05) is 19.8 Å². The summed E-state index contributed by atoms with van der Waals surface area (Å²) in [6, 6.07) is 0.814. The van der Waals surface area contributed by atoms with E-state index in [-0.39, 0.29) is 11.6 Å². The lowest BCUT2D eigenvalue weighted by atomic mass is 9.69. The molecule has 1 aliphatic heterocycles. The molecule has 5 nitrogen and oxygen atoms in total. The Hall–Kier alpha value is -0.810. The molecule has 0 bridgehead atoms. The Morgan fingerprint density at radius 1 is 1.39 bits per heavy atom. The van der Waals surface area contributed by atoms with E-state index in [0.29, 0.717) is 12.1 Å². The van der Waals surface area contributed by atoms with Crippen LogP contribution < -0.4 is 5.32 Å². The average molecular weight is 326 g/mol. The maximum Gasteiger partial charge on any atom is 0.410 e. The molecule has 2 aliphatic rings. The minimum Gasteiger partial charge on any atom is -0.444 e. The molecule has 2 unspecified atom stereocenters. The zero-order chi connectivity index (χ0) is 17.1. The molecule has 5 heteroatoms. The molecule has 0 aromatic heterocycles. The van der Waals surface area contributed by atoms with E-state index in [1.54, 1.807) is 0 Å². The summed E-state index contributed by atoms with van der Waals surface area (Å²) in [6.07, 6.45) is 5.29. The van der Waals surface area contributed by atoms with Gasteiger partial charge in [0.25, 0.3) is 0 Å². The van der Waals surface area contributed by atoms with Crippen molar-refractivity contribution >= 4 is 6.09 Å². The maximum absolute atomic E-state index is 12.6. The molecule has 2 rings (SSSR count). The summed E-state index contributed by atoms with van der Waals surface area (Å²) in [5.74, 6) is 0. The molecule has 1 N–H and O–H groups in total. The van der Waals surface area contributed by atoms with Gasteiger partial charge in [-0.25, -0.2) is 4.79 Å². The molecule has 2 atom stereocenters. The van der Waals surface area contributed by atoms with Gasteiger partial charge in [-0.05, 0) is 66.7 Å². The summed E-state index contributed by atoms with van der Waals surface area (Å²) < 4.78 is 11.1. The summed E-state index contributed by atoms with van der Waals surface area (Å²) in [5.41, 5.74) is -0.410. The van der Waals surface area contributed by atoms with Crippen LogP contribution in [0.1, 0.15) is 66.7 Å². The van der Waals surface area contributed by atoms with Crippen molar-refractivity contribution in [2.24, 2.45) is 0 Å². The van der Waals surface area contributed by atoms with Crippen LogP contribution >= 0.6 is 0 Å². The highest BCUT2D eigenvalue weighted by molar-refractivity contribution is 5.69. The number of carbonyl (C=O) groups excluding carboxylic acids is 1. The van der Waals surface area contributed by atoms with E-state index < -0.39 is 5.60 Å². The maximum atomic E-state index is 12.6. The van der Waals surface area contributed by atoms with Gasteiger partial charge < -0.3 is 19.7 Å². The Morgan fingerprint density at radius 3 is 2.61 bits per heavy atom. The van der Waals surface area contributed by atoms with Crippen molar-refractivity contribution < 1.29 is 14.3 Å². The SMILES string of the molecule is CCOCC(C)NC1CCN(C(=O)OC(C)(C)C)C2(CCC2)C1. The van der Waals surface area contributed by atoms with E-state index in [9.17, 15) is 4.79 Å².